The molecule has 4 aliphatic carbocycles. The molecule has 10 heteroatoms. The monoisotopic (exact) mass is 499 g/mol. The Balaban J connectivity index is 1.41. The van der Waals surface area contributed by atoms with E-state index < -0.39 is 26.0 Å². The number of amidine groups is 1. The topological polar surface area (TPSA) is 120 Å². The summed E-state index contributed by atoms with van der Waals surface area (Å²) in [7, 11) is -3.16. The van der Waals surface area contributed by atoms with Crippen molar-refractivity contribution < 1.29 is 17.5 Å². The molecule has 4 bridgehead atoms. The predicted octanol–water partition coefficient (Wildman–Crippen LogP) is 3.83. The fourth-order valence-corrected chi connectivity index (χ4v) is 8.30. The van der Waals surface area contributed by atoms with Gasteiger partial charge in [0.15, 0.2) is 21.3 Å². The molecule has 1 heterocycles. The lowest BCUT2D eigenvalue weighted by Gasteiger charge is -2.59. The second-order valence-electron chi connectivity index (χ2n) is 10.9. The zero-order chi connectivity index (χ0) is 25.0. The Labute approximate surface area is 204 Å². The minimum Gasteiger partial charge on any atom is -0.479 e. The molecule has 1 aromatic heterocycles. The molecule has 4 fully saturated rings. The molecule has 2 aromatic rings. The highest BCUT2D eigenvalue weighted by molar-refractivity contribution is 7.92. The van der Waals surface area contributed by atoms with Crippen molar-refractivity contribution in [3.63, 3.8) is 0 Å². The van der Waals surface area contributed by atoms with Gasteiger partial charge in [-0.3, -0.25) is 5.10 Å². The quantitative estimate of drug-likeness (QED) is 0.354. The first kappa shape index (κ1) is 23.8. The summed E-state index contributed by atoms with van der Waals surface area (Å²) in [6.45, 7) is 3.62. The van der Waals surface area contributed by atoms with Crippen LogP contribution in [0.4, 0.5) is 4.39 Å². The number of nitriles is 1. The summed E-state index contributed by atoms with van der Waals surface area (Å²) >= 11 is 0. The first-order valence-electron chi connectivity index (χ1n) is 11.9. The molecule has 4 aliphatic rings. The first-order chi connectivity index (χ1) is 16.5. The Bertz CT molecular complexity index is 1280. The third kappa shape index (κ3) is 4.20. The van der Waals surface area contributed by atoms with E-state index in [0.29, 0.717) is 41.5 Å². The van der Waals surface area contributed by atoms with Gasteiger partial charge in [-0.1, -0.05) is 0 Å². The number of hydrogen-bond acceptors (Lipinski definition) is 6. The molecule has 8 nitrogen and oxygen atoms in total. The van der Waals surface area contributed by atoms with Gasteiger partial charge in [-0.25, -0.2) is 12.8 Å². The summed E-state index contributed by atoms with van der Waals surface area (Å²) in [5, 5.41) is 19.6. The van der Waals surface area contributed by atoms with Crippen LogP contribution in [0, 0.1) is 35.0 Å². The van der Waals surface area contributed by atoms with Crippen molar-refractivity contribution in [3.8, 4) is 23.1 Å². The lowest BCUT2D eigenvalue weighted by atomic mass is 9.53. The zero-order valence-corrected chi connectivity index (χ0v) is 20.9. The van der Waals surface area contributed by atoms with E-state index in [1.165, 1.54) is 18.4 Å². The molecule has 4 saturated carbocycles. The number of ether oxygens (including phenoxy) is 1. The van der Waals surface area contributed by atoms with Gasteiger partial charge >= 0.3 is 0 Å². The van der Waals surface area contributed by atoms with Gasteiger partial charge in [0.1, 0.15) is 11.6 Å². The summed E-state index contributed by atoms with van der Waals surface area (Å²) in [6.07, 6.45) is 10.5. The van der Waals surface area contributed by atoms with Gasteiger partial charge in [0.25, 0.3) is 0 Å². The number of nitrogens with one attached hydrogen (secondary N) is 2. The average Bonchev–Trinajstić information content (AvgIpc) is 3.30. The zero-order valence-electron chi connectivity index (χ0n) is 20.1. The Morgan fingerprint density at radius 3 is 2.63 bits per heavy atom. The molecule has 0 amide bonds. The molecule has 35 heavy (non-hydrogen) atoms. The number of nitrogens with zero attached hydrogens (tertiary/aromatic N) is 3. The van der Waals surface area contributed by atoms with E-state index in [1.54, 1.807) is 18.5 Å². The summed E-state index contributed by atoms with van der Waals surface area (Å²) in [4.78, 5) is 4.09. The standard InChI is InChI=1S/C25H30FN5O3S/c1-24(2,34-21-5-4-19(26)8-20(21)18-12-29-30-13-18)23(28-14-27)31-22-16-6-15-7-17(22)11-25(9-15,10-16)35(3,32)33/h4-5,8,12-13,15-17,22H,6-7,9-11H2,1-3H3,(H,28,31)(H,29,30). The minimum atomic E-state index is -3.16. The number of aromatic nitrogens is 2. The lowest BCUT2D eigenvalue weighted by Crippen LogP contribution is -2.65. The van der Waals surface area contributed by atoms with Crippen molar-refractivity contribution in [3.05, 3.63) is 36.4 Å². The fraction of sp³-hybridized carbons (Fsp3) is 0.560. The molecule has 0 spiro atoms. The van der Waals surface area contributed by atoms with E-state index in [9.17, 15) is 18.1 Å². The number of hydrogen-bond donors (Lipinski definition) is 2. The smallest absolute Gasteiger partial charge is 0.207 e. The molecule has 1 aromatic carbocycles. The van der Waals surface area contributed by atoms with Crippen molar-refractivity contribution in [1.29, 1.82) is 5.26 Å². The third-order valence-electron chi connectivity index (χ3n) is 8.15. The largest absolute Gasteiger partial charge is 0.479 e. The predicted molar refractivity (Wildman–Crippen MR) is 130 cm³/mol. The SMILES string of the molecule is CC(C)(Oc1ccc(F)cc1-c1cn[nH]c1)/C(=N\C#N)NC1C2CC3CC1CC(S(C)(=O)=O)(C3)C2. The van der Waals surface area contributed by atoms with Crippen molar-refractivity contribution in [1.82, 2.24) is 15.5 Å². The van der Waals surface area contributed by atoms with Crippen LogP contribution in [-0.2, 0) is 9.84 Å². The summed E-state index contributed by atoms with van der Waals surface area (Å²) in [6, 6.07) is 4.29. The molecule has 0 radical (unpaired) electrons. The molecule has 6 rings (SSSR count). The van der Waals surface area contributed by atoms with E-state index in [0.717, 1.165) is 19.3 Å². The van der Waals surface area contributed by atoms with Crippen molar-refractivity contribution >= 4 is 15.7 Å². The molecule has 186 valence electrons. The number of sulfone groups is 1. The fourth-order valence-electron chi connectivity index (χ4n) is 6.73. The van der Waals surface area contributed by atoms with Crippen LogP contribution in [0.3, 0.4) is 0 Å². The van der Waals surface area contributed by atoms with Crippen molar-refractivity contribution in [2.24, 2.45) is 22.7 Å². The van der Waals surface area contributed by atoms with Gasteiger partial charge in [-0.15, -0.1) is 0 Å². The number of H-pyrrole nitrogens is 1. The van der Waals surface area contributed by atoms with E-state index >= 15 is 0 Å². The third-order valence-corrected chi connectivity index (χ3v) is 10.2. The summed E-state index contributed by atoms with van der Waals surface area (Å²) in [5.74, 6) is 1.24. The number of rotatable bonds is 6. The van der Waals surface area contributed by atoms with Gasteiger partial charge in [-0.05, 0) is 81.9 Å². The average molecular weight is 500 g/mol. The van der Waals surface area contributed by atoms with Gasteiger partial charge in [0.2, 0.25) is 6.19 Å². The summed E-state index contributed by atoms with van der Waals surface area (Å²) < 4.78 is 45.1. The van der Waals surface area contributed by atoms with Crippen LogP contribution in [0.5, 0.6) is 5.75 Å². The van der Waals surface area contributed by atoms with E-state index in [4.69, 9.17) is 4.74 Å². The van der Waals surface area contributed by atoms with Crippen LogP contribution in [0.25, 0.3) is 11.1 Å². The van der Waals surface area contributed by atoms with Gasteiger partial charge < -0.3 is 10.1 Å². The molecule has 2 unspecified atom stereocenters. The van der Waals surface area contributed by atoms with Crippen molar-refractivity contribution in [2.75, 3.05) is 6.26 Å². The Hall–Kier alpha value is -2.93. The van der Waals surface area contributed by atoms with Crippen LogP contribution in [0.2, 0.25) is 0 Å². The normalized spacial score (nSPS) is 30.2. The van der Waals surface area contributed by atoms with Gasteiger partial charge in [0.05, 0.1) is 10.9 Å². The molecule has 0 aliphatic heterocycles. The van der Waals surface area contributed by atoms with E-state index in [1.807, 2.05) is 20.0 Å². The highest BCUT2D eigenvalue weighted by atomic mass is 32.2. The van der Waals surface area contributed by atoms with E-state index in [-0.39, 0.29) is 17.9 Å². The first-order valence-corrected chi connectivity index (χ1v) is 13.8. The van der Waals surface area contributed by atoms with Crippen LogP contribution < -0.4 is 10.1 Å². The summed E-state index contributed by atoms with van der Waals surface area (Å²) in [5.41, 5.74) is 0.178. The molecule has 2 atom stereocenters. The van der Waals surface area contributed by atoms with Crippen molar-refractivity contribution in [2.45, 2.75) is 62.3 Å². The Kier molecular flexibility index (Phi) is 5.66. The molecule has 2 N–H and O–H groups in total. The number of halogens is 1. The number of benzene rings is 1. The second kappa shape index (κ2) is 8.33. The number of aromatic amines is 1. The highest BCUT2D eigenvalue weighted by Crippen LogP contribution is 2.58. The molecule has 0 saturated heterocycles. The highest BCUT2D eigenvalue weighted by Gasteiger charge is 2.60. The maximum Gasteiger partial charge on any atom is 0.207 e. The van der Waals surface area contributed by atoms with Gasteiger partial charge in [-0.2, -0.15) is 15.4 Å². The molecular weight excluding hydrogens is 469 g/mol. The van der Waals surface area contributed by atoms with E-state index in [2.05, 4.69) is 20.5 Å². The van der Waals surface area contributed by atoms with Crippen LogP contribution in [-0.4, -0.2) is 47.1 Å². The number of aliphatic imine (C=N–C) groups is 1. The Morgan fingerprint density at radius 1 is 1.31 bits per heavy atom. The maximum absolute atomic E-state index is 14.0. The van der Waals surface area contributed by atoms with Crippen LogP contribution in [0.1, 0.15) is 46.0 Å². The van der Waals surface area contributed by atoms with Gasteiger partial charge in [0, 0.05) is 29.6 Å². The second-order valence-corrected chi connectivity index (χ2v) is 13.3. The maximum atomic E-state index is 14.0. The lowest BCUT2D eigenvalue weighted by molar-refractivity contribution is 0.00461. The minimum absolute atomic E-state index is 0.0259. The van der Waals surface area contributed by atoms with Crippen LogP contribution in [0.15, 0.2) is 35.6 Å². The molecular formula is C25H30FN5O3S. The Morgan fingerprint density at radius 2 is 2.03 bits per heavy atom. The van der Waals surface area contributed by atoms with Crippen LogP contribution >= 0.6 is 0 Å².